The van der Waals surface area contributed by atoms with Crippen LogP contribution in [0.5, 0.6) is 0 Å². The third-order valence-corrected chi connectivity index (χ3v) is 6.01. The average molecular weight is 398 g/mol. The smallest absolute Gasteiger partial charge is 0.228 e. The van der Waals surface area contributed by atoms with Crippen molar-refractivity contribution in [1.29, 1.82) is 0 Å². The van der Waals surface area contributed by atoms with Gasteiger partial charge in [-0.15, -0.1) is 12.4 Å². The number of piperazine rings is 1. The Morgan fingerprint density at radius 2 is 1.78 bits per heavy atom. The summed E-state index contributed by atoms with van der Waals surface area (Å²) in [6.07, 6.45) is 5.62. The molecular weight excluding hydrogens is 366 g/mol. The van der Waals surface area contributed by atoms with Crippen LogP contribution in [-0.2, 0) is 16.6 Å². The molecule has 0 aliphatic carbocycles. The van der Waals surface area contributed by atoms with Crippen molar-refractivity contribution < 1.29 is 9.59 Å². The lowest BCUT2D eigenvalue weighted by Crippen LogP contribution is -2.61. The minimum absolute atomic E-state index is 0. The summed E-state index contributed by atoms with van der Waals surface area (Å²) in [5, 5.41) is 7.66. The topological polar surface area (TPSA) is 70.5 Å². The summed E-state index contributed by atoms with van der Waals surface area (Å²) in [7, 11) is 1.91. The lowest BCUT2D eigenvalue weighted by Gasteiger charge is -2.47. The molecule has 3 heterocycles. The molecule has 4 atom stereocenters. The van der Waals surface area contributed by atoms with Crippen LogP contribution < -0.4 is 5.32 Å². The molecule has 7 nitrogen and oxygen atoms in total. The van der Waals surface area contributed by atoms with Gasteiger partial charge >= 0.3 is 0 Å². The van der Waals surface area contributed by atoms with Crippen LogP contribution >= 0.6 is 12.4 Å². The Kier molecular flexibility index (Phi) is 7.28. The van der Waals surface area contributed by atoms with Gasteiger partial charge in [0.2, 0.25) is 11.8 Å². The Labute approximate surface area is 167 Å². The molecule has 2 fully saturated rings. The van der Waals surface area contributed by atoms with E-state index in [1.165, 1.54) is 0 Å². The first-order chi connectivity index (χ1) is 12.5. The van der Waals surface area contributed by atoms with Gasteiger partial charge < -0.3 is 15.1 Å². The molecule has 2 aliphatic rings. The standard InChI is InChI=1S/C19H31N5O2.ClH/c1-5-15-12-24(16(6-2)11-23(15)13(3)25)19(26)18-9-20-8-17(18)14-7-21-22(4)10-14;/h7,10,15-18,20H,5-6,8-9,11-12H2,1-4H3;1H/t15?,16?,17-,18+;/m1./s1. The number of hydrogen-bond donors (Lipinski definition) is 1. The lowest BCUT2D eigenvalue weighted by atomic mass is 9.88. The fourth-order valence-corrected chi connectivity index (χ4v) is 4.44. The highest BCUT2D eigenvalue weighted by Crippen LogP contribution is 2.31. The van der Waals surface area contributed by atoms with Gasteiger partial charge in [-0.3, -0.25) is 14.3 Å². The number of aryl methyl sites for hydroxylation is 1. The van der Waals surface area contributed by atoms with Crippen molar-refractivity contribution in [1.82, 2.24) is 24.9 Å². The number of aromatic nitrogens is 2. The number of carbonyl (C=O) groups is 2. The molecule has 0 spiro atoms. The molecule has 1 aromatic heterocycles. The van der Waals surface area contributed by atoms with Crippen molar-refractivity contribution >= 4 is 24.2 Å². The van der Waals surface area contributed by atoms with E-state index in [1.54, 1.807) is 11.6 Å². The summed E-state index contributed by atoms with van der Waals surface area (Å²) in [6, 6.07) is 0.217. The number of nitrogens with zero attached hydrogens (tertiary/aromatic N) is 4. The normalized spacial score (nSPS) is 28.1. The first kappa shape index (κ1) is 21.7. The van der Waals surface area contributed by atoms with Gasteiger partial charge in [0.1, 0.15) is 0 Å². The monoisotopic (exact) mass is 397 g/mol. The van der Waals surface area contributed by atoms with E-state index in [0.29, 0.717) is 19.6 Å². The van der Waals surface area contributed by atoms with Gasteiger partial charge in [0.25, 0.3) is 0 Å². The van der Waals surface area contributed by atoms with Crippen LogP contribution in [0.3, 0.4) is 0 Å². The van der Waals surface area contributed by atoms with Gasteiger partial charge in [0.05, 0.1) is 12.1 Å². The van der Waals surface area contributed by atoms with Crippen molar-refractivity contribution in [3.05, 3.63) is 18.0 Å². The van der Waals surface area contributed by atoms with Crippen molar-refractivity contribution in [3.63, 3.8) is 0 Å². The number of hydrogen-bond acceptors (Lipinski definition) is 4. The number of amides is 2. The second-order valence-electron chi connectivity index (χ2n) is 7.60. The van der Waals surface area contributed by atoms with Crippen LogP contribution in [0, 0.1) is 5.92 Å². The summed E-state index contributed by atoms with van der Waals surface area (Å²) in [5.41, 5.74) is 1.12. The Hall–Kier alpha value is -1.60. The van der Waals surface area contributed by atoms with E-state index in [9.17, 15) is 9.59 Å². The fraction of sp³-hybridized carbons (Fsp3) is 0.737. The van der Waals surface area contributed by atoms with Gasteiger partial charge in [0.15, 0.2) is 0 Å². The maximum Gasteiger partial charge on any atom is 0.228 e. The third kappa shape index (κ3) is 4.29. The fourth-order valence-electron chi connectivity index (χ4n) is 4.44. The molecule has 2 aliphatic heterocycles. The van der Waals surface area contributed by atoms with E-state index in [4.69, 9.17) is 0 Å². The summed E-state index contributed by atoms with van der Waals surface area (Å²) < 4.78 is 1.79. The van der Waals surface area contributed by atoms with Gasteiger partial charge in [-0.25, -0.2) is 0 Å². The van der Waals surface area contributed by atoms with E-state index < -0.39 is 0 Å². The zero-order valence-corrected chi connectivity index (χ0v) is 17.5. The number of rotatable bonds is 4. The minimum atomic E-state index is -0.0605. The summed E-state index contributed by atoms with van der Waals surface area (Å²) in [5.74, 6) is 0.435. The van der Waals surface area contributed by atoms with Crippen molar-refractivity contribution in [2.45, 2.75) is 51.6 Å². The molecule has 2 unspecified atom stereocenters. The zero-order chi connectivity index (χ0) is 18.8. The number of halogens is 1. The molecule has 1 aromatic rings. The minimum Gasteiger partial charge on any atom is -0.336 e. The second kappa shape index (κ2) is 9.06. The zero-order valence-electron chi connectivity index (χ0n) is 16.7. The maximum absolute atomic E-state index is 13.5. The molecule has 0 radical (unpaired) electrons. The summed E-state index contributed by atoms with van der Waals surface area (Å²) in [4.78, 5) is 29.5. The molecule has 2 saturated heterocycles. The molecule has 1 N–H and O–H groups in total. The Balaban J connectivity index is 0.00000261. The molecule has 0 aromatic carbocycles. The first-order valence-electron chi connectivity index (χ1n) is 9.73. The SMILES string of the molecule is CCC1CN(C(=O)[C@H]2CNC[C@@H]2c2cnn(C)c2)C(CC)CN1C(C)=O.Cl. The molecule has 8 heteroatoms. The van der Waals surface area contributed by atoms with E-state index in [-0.39, 0.29) is 48.1 Å². The number of nitrogens with one attached hydrogen (secondary N) is 1. The highest BCUT2D eigenvalue weighted by molar-refractivity contribution is 5.85. The van der Waals surface area contributed by atoms with E-state index in [0.717, 1.165) is 24.9 Å². The van der Waals surface area contributed by atoms with Crippen molar-refractivity contribution in [2.75, 3.05) is 26.2 Å². The van der Waals surface area contributed by atoms with Gasteiger partial charge in [0, 0.05) is 64.3 Å². The number of carbonyl (C=O) groups excluding carboxylic acids is 2. The quantitative estimate of drug-likeness (QED) is 0.833. The molecule has 152 valence electrons. The van der Waals surface area contributed by atoms with Crippen LogP contribution in [-0.4, -0.2) is 69.7 Å². The first-order valence-corrected chi connectivity index (χ1v) is 9.73. The molecule has 3 rings (SSSR count). The van der Waals surface area contributed by atoms with E-state index in [1.807, 2.05) is 24.3 Å². The Bertz CT molecular complexity index is 664. The highest BCUT2D eigenvalue weighted by atomic mass is 35.5. The maximum atomic E-state index is 13.5. The van der Waals surface area contributed by atoms with Crippen LogP contribution in [0.15, 0.2) is 12.4 Å². The van der Waals surface area contributed by atoms with Crippen LogP contribution in [0.2, 0.25) is 0 Å². The summed E-state index contributed by atoms with van der Waals surface area (Å²) in [6.45, 7) is 8.62. The molecule has 0 bridgehead atoms. The van der Waals surface area contributed by atoms with Gasteiger partial charge in [-0.05, 0) is 18.4 Å². The Morgan fingerprint density at radius 1 is 1.15 bits per heavy atom. The summed E-state index contributed by atoms with van der Waals surface area (Å²) >= 11 is 0. The van der Waals surface area contributed by atoms with E-state index >= 15 is 0 Å². The predicted octanol–water partition coefficient (Wildman–Crippen LogP) is 1.39. The molecular formula is C19H32ClN5O2. The van der Waals surface area contributed by atoms with Crippen molar-refractivity contribution in [3.8, 4) is 0 Å². The molecule has 2 amide bonds. The third-order valence-electron chi connectivity index (χ3n) is 6.01. The lowest BCUT2D eigenvalue weighted by molar-refractivity contribution is -0.148. The predicted molar refractivity (Wildman–Crippen MR) is 107 cm³/mol. The van der Waals surface area contributed by atoms with Gasteiger partial charge in [-0.2, -0.15) is 5.10 Å². The second-order valence-corrected chi connectivity index (χ2v) is 7.60. The largest absolute Gasteiger partial charge is 0.336 e. The average Bonchev–Trinajstić information content (AvgIpc) is 3.28. The van der Waals surface area contributed by atoms with E-state index in [2.05, 4.69) is 29.2 Å². The highest BCUT2D eigenvalue weighted by Gasteiger charge is 2.42. The van der Waals surface area contributed by atoms with Crippen LogP contribution in [0.25, 0.3) is 0 Å². The van der Waals surface area contributed by atoms with Crippen LogP contribution in [0.4, 0.5) is 0 Å². The Morgan fingerprint density at radius 3 is 2.33 bits per heavy atom. The molecule has 27 heavy (non-hydrogen) atoms. The van der Waals surface area contributed by atoms with Gasteiger partial charge in [-0.1, -0.05) is 13.8 Å². The van der Waals surface area contributed by atoms with Crippen LogP contribution in [0.1, 0.15) is 45.1 Å². The van der Waals surface area contributed by atoms with Crippen molar-refractivity contribution in [2.24, 2.45) is 13.0 Å². The molecule has 0 saturated carbocycles.